The molecule has 96 valence electrons. The van der Waals surface area contributed by atoms with Crippen molar-refractivity contribution in [2.45, 2.75) is 26.3 Å². The monoisotopic (exact) mass is 237 g/mol. The maximum Gasteiger partial charge on any atom is 0.236 e. The third kappa shape index (κ3) is 4.37. The van der Waals surface area contributed by atoms with Gasteiger partial charge in [0.05, 0.1) is 13.1 Å². The fraction of sp³-hybridized carbons (Fsp3) is 0.769. The van der Waals surface area contributed by atoms with Gasteiger partial charge in [0, 0.05) is 32.2 Å². The molecule has 1 amide bonds. The summed E-state index contributed by atoms with van der Waals surface area (Å²) in [5.41, 5.74) is 0. The van der Waals surface area contributed by atoms with Crippen molar-refractivity contribution in [3.8, 4) is 12.3 Å². The van der Waals surface area contributed by atoms with Crippen LogP contribution in [0.3, 0.4) is 0 Å². The summed E-state index contributed by atoms with van der Waals surface area (Å²) in [6, 6.07) is 0.617. The van der Waals surface area contributed by atoms with Crippen molar-refractivity contribution in [3.05, 3.63) is 0 Å². The predicted octanol–water partition coefficient (Wildman–Crippen LogP) is 0.152. The van der Waals surface area contributed by atoms with Gasteiger partial charge in [-0.25, -0.2) is 0 Å². The zero-order chi connectivity index (χ0) is 12.7. The van der Waals surface area contributed by atoms with Crippen LogP contribution in [0.4, 0.5) is 0 Å². The lowest BCUT2D eigenvalue weighted by Crippen LogP contribution is -2.52. The maximum absolute atomic E-state index is 11.8. The molecule has 1 fully saturated rings. The lowest BCUT2D eigenvalue weighted by molar-refractivity contribution is -0.132. The summed E-state index contributed by atoms with van der Waals surface area (Å²) in [4.78, 5) is 16.2. The van der Waals surface area contributed by atoms with Gasteiger partial charge in [0.15, 0.2) is 0 Å². The number of terminal acetylenes is 1. The number of nitrogens with one attached hydrogen (secondary N) is 1. The molecule has 1 heterocycles. The second kappa shape index (κ2) is 7.31. The number of nitrogens with zero attached hydrogens (tertiary/aromatic N) is 2. The maximum atomic E-state index is 11.8. The van der Waals surface area contributed by atoms with Crippen molar-refractivity contribution < 1.29 is 4.79 Å². The summed E-state index contributed by atoms with van der Waals surface area (Å²) in [7, 11) is 0. The van der Waals surface area contributed by atoms with Crippen LogP contribution >= 0.6 is 0 Å². The third-order valence-electron chi connectivity index (χ3n) is 3.38. The van der Waals surface area contributed by atoms with E-state index >= 15 is 0 Å². The molecule has 0 bridgehead atoms. The smallest absolute Gasteiger partial charge is 0.236 e. The molecular formula is C13H23N3O. The normalized spacial score (nSPS) is 18.8. The number of hydrogen-bond acceptors (Lipinski definition) is 3. The fourth-order valence-electron chi connectivity index (χ4n) is 2.02. The standard InChI is InChI=1S/C13H23N3O/c1-4-6-14-11-13(17)16-9-7-15(8-10-16)12(3)5-2/h1,12,14H,5-11H2,2-3H3. The van der Waals surface area contributed by atoms with Crippen LogP contribution in [0.5, 0.6) is 0 Å². The fourth-order valence-corrected chi connectivity index (χ4v) is 2.02. The average Bonchev–Trinajstić information content (AvgIpc) is 2.38. The first-order valence-corrected chi connectivity index (χ1v) is 6.35. The van der Waals surface area contributed by atoms with E-state index in [1.54, 1.807) is 0 Å². The molecule has 4 nitrogen and oxygen atoms in total. The van der Waals surface area contributed by atoms with E-state index in [9.17, 15) is 4.79 Å². The van der Waals surface area contributed by atoms with Crippen LogP contribution in [-0.4, -0.2) is 61.0 Å². The van der Waals surface area contributed by atoms with E-state index in [1.165, 1.54) is 0 Å². The van der Waals surface area contributed by atoms with Gasteiger partial charge in [0.25, 0.3) is 0 Å². The van der Waals surface area contributed by atoms with Crippen molar-refractivity contribution in [1.82, 2.24) is 15.1 Å². The minimum absolute atomic E-state index is 0.157. The van der Waals surface area contributed by atoms with Crippen LogP contribution in [0.15, 0.2) is 0 Å². The first kappa shape index (κ1) is 14.0. The van der Waals surface area contributed by atoms with E-state index in [0.717, 1.165) is 32.6 Å². The molecule has 0 aromatic rings. The van der Waals surface area contributed by atoms with Gasteiger partial charge in [-0.2, -0.15) is 0 Å². The Balaban J connectivity index is 2.27. The summed E-state index contributed by atoms with van der Waals surface area (Å²) in [5, 5.41) is 2.94. The van der Waals surface area contributed by atoms with Gasteiger partial charge >= 0.3 is 0 Å². The Labute approximate surface area is 104 Å². The van der Waals surface area contributed by atoms with E-state index in [2.05, 4.69) is 30.0 Å². The van der Waals surface area contributed by atoms with Crippen LogP contribution in [-0.2, 0) is 4.79 Å². The second-order valence-corrected chi connectivity index (χ2v) is 4.48. The molecule has 0 saturated carbocycles. The Morgan fingerprint density at radius 3 is 2.59 bits per heavy atom. The number of carbonyl (C=O) groups excluding carboxylic acids is 1. The molecular weight excluding hydrogens is 214 g/mol. The number of piperazine rings is 1. The van der Waals surface area contributed by atoms with Crippen molar-refractivity contribution in [2.75, 3.05) is 39.3 Å². The lowest BCUT2D eigenvalue weighted by atomic mass is 10.2. The first-order valence-electron chi connectivity index (χ1n) is 6.35. The molecule has 4 heteroatoms. The molecule has 1 aliphatic heterocycles. The quantitative estimate of drug-likeness (QED) is 0.546. The highest BCUT2D eigenvalue weighted by atomic mass is 16.2. The van der Waals surface area contributed by atoms with Gasteiger partial charge in [-0.05, 0) is 13.3 Å². The largest absolute Gasteiger partial charge is 0.339 e. The van der Waals surface area contributed by atoms with Crippen molar-refractivity contribution in [3.63, 3.8) is 0 Å². The molecule has 1 saturated heterocycles. The topological polar surface area (TPSA) is 35.6 Å². The Bertz CT molecular complexity index is 277. The van der Waals surface area contributed by atoms with Gasteiger partial charge in [-0.1, -0.05) is 12.8 Å². The lowest BCUT2D eigenvalue weighted by Gasteiger charge is -2.37. The molecule has 1 rings (SSSR count). The molecule has 1 N–H and O–H groups in total. The summed E-state index contributed by atoms with van der Waals surface area (Å²) in [6.45, 7) is 8.89. The Kier molecular flexibility index (Phi) is 6.03. The highest BCUT2D eigenvalue weighted by molar-refractivity contribution is 5.78. The van der Waals surface area contributed by atoms with Crippen LogP contribution in [0.1, 0.15) is 20.3 Å². The highest BCUT2D eigenvalue weighted by Crippen LogP contribution is 2.08. The minimum Gasteiger partial charge on any atom is -0.339 e. The summed E-state index contributed by atoms with van der Waals surface area (Å²) in [5.74, 6) is 2.62. The third-order valence-corrected chi connectivity index (χ3v) is 3.38. The molecule has 1 aliphatic rings. The zero-order valence-electron chi connectivity index (χ0n) is 10.9. The molecule has 1 unspecified atom stereocenters. The van der Waals surface area contributed by atoms with Gasteiger partial charge < -0.3 is 4.90 Å². The van der Waals surface area contributed by atoms with E-state index in [1.807, 2.05) is 4.90 Å². The van der Waals surface area contributed by atoms with Crippen LogP contribution in [0.25, 0.3) is 0 Å². The average molecular weight is 237 g/mol. The summed E-state index contributed by atoms with van der Waals surface area (Å²) < 4.78 is 0. The molecule has 1 atom stereocenters. The number of carbonyl (C=O) groups is 1. The van der Waals surface area contributed by atoms with Gasteiger partial charge in [-0.15, -0.1) is 6.42 Å². The van der Waals surface area contributed by atoms with Gasteiger partial charge in [-0.3, -0.25) is 15.0 Å². The van der Waals surface area contributed by atoms with E-state index < -0.39 is 0 Å². The minimum atomic E-state index is 0.157. The van der Waals surface area contributed by atoms with Crippen molar-refractivity contribution >= 4 is 5.91 Å². The van der Waals surface area contributed by atoms with Gasteiger partial charge in [0.1, 0.15) is 0 Å². The van der Waals surface area contributed by atoms with E-state index in [0.29, 0.717) is 19.1 Å². The zero-order valence-corrected chi connectivity index (χ0v) is 10.9. The molecule has 0 aliphatic carbocycles. The van der Waals surface area contributed by atoms with Crippen LogP contribution < -0.4 is 5.32 Å². The molecule has 17 heavy (non-hydrogen) atoms. The van der Waals surface area contributed by atoms with Crippen molar-refractivity contribution in [2.24, 2.45) is 0 Å². The Morgan fingerprint density at radius 2 is 2.06 bits per heavy atom. The second-order valence-electron chi connectivity index (χ2n) is 4.48. The number of hydrogen-bond donors (Lipinski definition) is 1. The van der Waals surface area contributed by atoms with E-state index in [4.69, 9.17) is 6.42 Å². The Morgan fingerprint density at radius 1 is 1.41 bits per heavy atom. The SMILES string of the molecule is C#CCNCC(=O)N1CCN(C(C)CC)CC1. The number of rotatable bonds is 5. The summed E-state index contributed by atoms with van der Waals surface area (Å²) >= 11 is 0. The Hall–Kier alpha value is -1.05. The molecule has 0 aromatic heterocycles. The molecule has 0 radical (unpaired) electrons. The summed E-state index contributed by atoms with van der Waals surface area (Å²) in [6.07, 6.45) is 6.28. The highest BCUT2D eigenvalue weighted by Gasteiger charge is 2.22. The van der Waals surface area contributed by atoms with Crippen molar-refractivity contribution in [1.29, 1.82) is 0 Å². The van der Waals surface area contributed by atoms with Crippen LogP contribution in [0, 0.1) is 12.3 Å². The number of amides is 1. The van der Waals surface area contributed by atoms with E-state index in [-0.39, 0.29) is 5.91 Å². The molecule has 0 aromatic carbocycles. The van der Waals surface area contributed by atoms with Crippen LogP contribution in [0.2, 0.25) is 0 Å². The first-order chi connectivity index (χ1) is 8.19. The predicted molar refractivity (Wildman–Crippen MR) is 69.6 cm³/mol. The van der Waals surface area contributed by atoms with Gasteiger partial charge in [0.2, 0.25) is 5.91 Å². The molecule has 0 spiro atoms.